The van der Waals surface area contributed by atoms with E-state index in [0.29, 0.717) is 5.92 Å². The lowest BCUT2D eigenvalue weighted by Gasteiger charge is -2.46. The minimum absolute atomic E-state index is 0.156. The molecule has 0 bridgehead atoms. The Kier molecular flexibility index (Phi) is 4.04. The van der Waals surface area contributed by atoms with Crippen molar-refractivity contribution >= 4 is 5.57 Å². The lowest BCUT2D eigenvalue weighted by molar-refractivity contribution is -0.0358. The molecule has 2 aliphatic rings. The third-order valence-electron chi connectivity index (χ3n) is 6.05. The normalized spacial score (nSPS) is 28.9. The molecule has 0 aliphatic heterocycles. The number of methoxy groups -OCH3 is 1. The summed E-state index contributed by atoms with van der Waals surface area (Å²) >= 11 is 0. The SMILES string of the molecule is COc1ccc2c(c1)CCC1=C2CC[C@](C)([C@@H](O)CO)C1C. The number of ether oxygens (including phenoxy) is 1. The first-order chi connectivity index (χ1) is 10.5. The highest BCUT2D eigenvalue weighted by Gasteiger charge is 2.44. The van der Waals surface area contributed by atoms with Gasteiger partial charge in [0.15, 0.2) is 0 Å². The monoisotopic (exact) mass is 302 g/mol. The molecular formula is C19H26O3. The zero-order valence-electron chi connectivity index (χ0n) is 13.7. The van der Waals surface area contributed by atoms with Crippen molar-refractivity contribution in [3.63, 3.8) is 0 Å². The zero-order chi connectivity index (χ0) is 15.9. The van der Waals surface area contributed by atoms with Gasteiger partial charge in [-0.25, -0.2) is 0 Å². The van der Waals surface area contributed by atoms with Gasteiger partial charge in [-0.2, -0.15) is 0 Å². The quantitative estimate of drug-likeness (QED) is 0.901. The second-order valence-corrected chi connectivity index (χ2v) is 6.95. The molecular weight excluding hydrogens is 276 g/mol. The summed E-state index contributed by atoms with van der Waals surface area (Å²) in [6, 6.07) is 6.37. The molecule has 0 amide bonds. The van der Waals surface area contributed by atoms with E-state index in [1.54, 1.807) is 7.11 Å². The summed E-state index contributed by atoms with van der Waals surface area (Å²) in [6.07, 6.45) is 3.33. The standard InChI is InChI=1S/C19H26O3/c1-12-15-6-4-13-10-14(22-3)5-7-16(13)17(15)8-9-19(12,2)18(21)11-20/h5,7,10,12,18,20-21H,4,6,8-9,11H2,1-3H3/t12?,18-,19-/m0/s1. The van der Waals surface area contributed by atoms with Gasteiger partial charge in [0.1, 0.15) is 5.75 Å². The summed E-state index contributed by atoms with van der Waals surface area (Å²) in [6.45, 7) is 4.17. The Hall–Kier alpha value is -1.32. The van der Waals surface area contributed by atoms with Gasteiger partial charge in [-0.3, -0.25) is 0 Å². The van der Waals surface area contributed by atoms with Crippen LogP contribution < -0.4 is 4.74 Å². The van der Waals surface area contributed by atoms with Crippen LogP contribution in [-0.2, 0) is 6.42 Å². The molecule has 0 aromatic heterocycles. The molecule has 1 unspecified atom stereocenters. The minimum Gasteiger partial charge on any atom is -0.497 e. The molecule has 0 spiro atoms. The fourth-order valence-electron chi connectivity index (χ4n) is 4.24. The number of aliphatic hydroxyl groups excluding tert-OH is 2. The van der Waals surface area contributed by atoms with Crippen LogP contribution in [0.2, 0.25) is 0 Å². The molecule has 2 aliphatic carbocycles. The van der Waals surface area contributed by atoms with Crippen molar-refractivity contribution < 1.29 is 14.9 Å². The smallest absolute Gasteiger partial charge is 0.119 e. The summed E-state index contributed by atoms with van der Waals surface area (Å²) in [5.74, 6) is 1.22. The number of fused-ring (bicyclic) bond motifs is 2. The Bertz CT molecular complexity index is 605. The van der Waals surface area contributed by atoms with Crippen molar-refractivity contribution in [2.75, 3.05) is 13.7 Å². The molecule has 0 saturated heterocycles. The number of aliphatic hydroxyl groups is 2. The average molecular weight is 302 g/mol. The fourth-order valence-corrected chi connectivity index (χ4v) is 4.24. The Labute approximate surface area is 132 Å². The highest BCUT2D eigenvalue weighted by Crippen LogP contribution is 2.52. The second kappa shape index (κ2) is 5.71. The third-order valence-corrected chi connectivity index (χ3v) is 6.05. The number of rotatable bonds is 3. The van der Waals surface area contributed by atoms with E-state index in [1.807, 2.05) is 6.07 Å². The predicted octanol–water partition coefficient (Wildman–Crippen LogP) is 3.18. The molecule has 3 heteroatoms. The van der Waals surface area contributed by atoms with Crippen molar-refractivity contribution in [1.82, 2.24) is 0 Å². The topological polar surface area (TPSA) is 49.7 Å². The first-order valence-corrected chi connectivity index (χ1v) is 8.19. The van der Waals surface area contributed by atoms with Gasteiger partial charge in [0.25, 0.3) is 0 Å². The van der Waals surface area contributed by atoms with Crippen LogP contribution in [0.5, 0.6) is 5.75 Å². The van der Waals surface area contributed by atoms with Crippen molar-refractivity contribution in [1.29, 1.82) is 0 Å². The second-order valence-electron chi connectivity index (χ2n) is 6.95. The molecule has 120 valence electrons. The maximum absolute atomic E-state index is 10.3. The number of hydrogen-bond acceptors (Lipinski definition) is 3. The first-order valence-electron chi connectivity index (χ1n) is 8.19. The van der Waals surface area contributed by atoms with Gasteiger partial charge >= 0.3 is 0 Å². The number of aryl methyl sites for hydroxylation is 1. The van der Waals surface area contributed by atoms with Gasteiger partial charge in [-0.1, -0.05) is 25.5 Å². The van der Waals surface area contributed by atoms with E-state index in [2.05, 4.69) is 26.0 Å². The van der Waals surface area contributed by atoms with Gasteiger partial charge in [0, 0.05) is 5.41 Å². The van der Waals surface area contributed by atoms with Crippen LogP contribution in [0.3, 0.4) is 0 Å². The fraction of sp³-hybridized carbons (Fsp3) is 0.579. The maximum atomic E-state index is 10.3. The Morgan fingerprint density at radius 1 is 1.32 bits per heavy atom. The van der Waals surface area contributed by atoms with E-state index >= 15 is 0 Å². The van der Waals surface area contributed by atoms with Crippen LogP contribution in [0.1, 0.15) is 44.2 Å². The van der Waals surface area contributed by atoms with Crippen LogP contribution in [0.25, 0.3) is 5.57 Å². The van der Waals surface area contributed by atoms with Crippen molar-refractivity contribution in [3.8, 4) is 5.75 Å². The Balaban J connectivity index is 2.01. The van der Waals surface area contributed by atoms with Crippen LogP contribution >= 0.6 is 0 Å². The van der Waals surface area contributed by atoms with E-state index in [0.717, 1.165) is 31.4 Å². The highest BCUT2D eigenvalue weighted by atomic mass is 16.5. The Morgan fingerprint density at radius 2 is 2.09 bits per heavy atom. The molecule has 2 N–H and O–H groups in total. The summed E-state index contributed by atoms with van der Waals surface area (Å²) in [7, 11) is 1.71. The Morgan fingerprint density at radius 3 is 2.77 bits per heavy atom. The highest BCUT2D eigenvalue weighted by molar-refractivity contribution is 5.75. The van der Waals surface area contributed by atoms with E-state index in [9.17, 15) is 10.2 Å². The van der Waals surface area contributed by atoms with E-state index in [4.69, 9.17) is 4.74 Å². The van der Waals surface area contributed by atoms with Crippen LogP contribution in [0.15, 0.2) is 23.8 Å². The molecule has 3 atom stereocenters. The van der Waals surface area contributed by atoms with Crippen molar-refractivity contribution in [3.05, 3.63) is 34.9 Å². The van der Waals surface area contributed by atoms with Gasteiger partial charge in [0.2, 0.25) is 0 Å². The van der Waals surface area contributed by atoms with Crippen LogP contribution in [0, 0.1) is 11.3 Å². The number of hydrogen-bond donors (Lipinski definition) is 2. The van der Waals surface area contributed by atoms with E-state index in [-0.39, 0.29) is 12.0 Å². The third kappa shape index (κ3) is 2.27. The predicted molar refractivity (Wildman–Crippen MR) is 87.8 cm³/mol. The summed E-state index contributed by atoms with van der Waals surface area (Å²) in [5, 5.41) is 19.7. The minimum atomic E-state index is -0.645. The molecule has 22 heavy (non-hydrogen) atoms. The molecule has 0 fully saturated rings. The van der Waals surface area contributed by atoms with E-state index < -0.39 is 6.10 Å². The average Bonchev–Trinajstić information content (AvgIpc) is 2.56. The maximum Gasteiger partial charge on any atom is 0.119 e. The largest absolute Gasteiger partial charge is 0.497 e. The molecule has 0 saturated carbocycles. The molecule has 3 rings (SSSR count). The van der Waals surface area contributed by atoms with Crippen LogP contribution in [-0.4, -0.2) is 30.0 Å². The molecule has 0 radical (unpaired) electrons. The molecule has 3 nitrogen and oxygen atoms in total. The van der Waals surface area contributed by atoms with Gasteiger partial charge in [0.05, 0.1) is 19.8 Å². The summed E-state index contributed by atoms with van der Waals surface area (Å²) in [5.41, 5.74) is 5.43. The molecule has 0 heterocycles. The van der Waals surface area contributed by atoms with Crippen LogP contribution in [0.4, 0.5) is 0 Å². The summed E-state index contributed by atoms with van der Waals surface area (Å²) in [4.78, 5) is 0. The molecule has 1 aromatic carbocycles. The lowest BCUT2D eigenvalue weighted by Crippen LogP contribution is -2.43. The molecule has 1 aromatic rings. The lowest BCUT2D eigenvalue weighted by atomic mass is 9.60. The number of benzene rings is 1. The van der Waals surface area contributed by atoms with Gasteiger partial charge in [-0.05, 0) is 60.4 Å². The van der Waals surface area contributed by atoms with Crippen molar-refractivity contribution in [2.45, 2.75) is 45.6 Å². The zero-order valence-corrected chi connectivity index (χ0v) is 13.7. The van der Waals surface area contributed by atoms with Gasteiger partial charge in [-0.15, -0.1) is 0 Å². The summed E-state index contributed by atoms with van der Waals surface area (Å²) < 4.78 is 5.34. The van der Waals surface area contributed by atoms with Gasteiger partial charge < -0.3 is 14.9 Å². The van der Waals surface area contributed by atoms with Crippen molar-refractivity contribution in [2.24, 2.45) is 11.3 Å². The first kappa shape index (κ1) is 15.6. The van der Waals surface area contributed by atoms with E-state index in [1.165, 1.54) is 22.3 Å². The number of allylic oxidation sites excluding steroid dienone is 2.